The lowest BCUT2D eigenvalue weighted by Crippen LogP contribution is -2.62. The molecule has 1 aromatic carbocycles. The number of benzene rings is 1. The Hall–Kier alpha value is -6.05. The number of aliphatic hydroxyl groups excluding tert-OH is 1. The number of anilines is 1. The van der Waals surface area contributed by atoms with Crippen LogP contribution < -0.4 is 27.0 Å². The second-order valence-corrected chi connectivity index (χ2v) is 18.3. The number of nitrogens with one attached hydrogen (secondary N) is 4. The summed E-state index contributed by atoms with van der Waals surface area (Å²) in [6.45, 7) is 16.5. The molecule has 0 aliphatic carbocycles. The van der Waals surface area contributed by atoms with E-state index in [2.05, 4.69) is 21.3 Å². The number of carbonyl (C=O) groups excluding carboxylic acids is 9. The van der Waals surface area contributed by atoms with Crippen LogP contribution in [0.25, 0.3) is 0 Å². The van der Waals surface area contributed by atoms with Gasteiger partial charge in [0.2, 0.25) is 17.7 Å². The minimum absolute atomic E-state index is 0.00336. The van der Waals surface area contributed by atoms with Crippen molar-refractivity contribution in [1.82, 2.24) is 25.8 Å². The van der Waals surface area contributed by atoms with Gasteiger partial charge >= 0.3 is 24.1 Å². The molecule has 20 heteroatoms. The molecule has 0 saturated carbocycles. The molecule has 0 fully saturated rings. The number of ether oxygens (including phenoxy) is 3. The SMILES string of the molecule is CC(C)[C@H](NC(=O)[C@H](CN(C(=O)OC(C)(C)C)C(CCC(=O)OC(C)(C)C)C(=O)OC(C)(C)C)N1C(=O)C=CC1=O)C(=O)N[C@H](CCCNC(N)=O)C(=O)Nc1ccc(CO)cc1. The van der Waals surface area contributed by atoms with Gasteiger partial charge in [0.05, 0.1) is 13.2 Å². The number of imide groups is 1. The second kappa shape index (κ2) is 22.9. The van der Waals surface area contributed by atoms with Crippen molar-refractivity contribution < 1.29 is 62.5 Å². The first-order valence-electron chi connectivity index (χ1n) is 20.7. The van der Waals surface area contributed by atoms with E-state index >= 15 is 0 Å². The highest BCUT2D eigenvalue weighted by molar-refractivity contribution is 6.15. The third-order valence-electron chi connectivity index (χ3n) is 8.81. The molecule has 0 bridgehead atoms. The quantitative estimate of drug-likeness (QED) is 0.0476. The molecule has 1 heterocycles. The number of nitrogens with two attached hydrogens (primary N) is 1. The molecule has 350 valence electrons. The maximum atomic E-state index is 14.5. The number of rotatable bonds is 20. The topological polar surface area (TPSA) is 282 Å². The van der Waals surface area contributed by atoms with Crippen LogP contribution in [-0.2, 0) is 54.4 Å². The zero-order chi connectivity index (χ0) is 48.0. The lowest BCUT2D eigenvalue weighted by molar-refractivity contribution is -0.163. The Balaban J connectivity index is 2.61. The Morgan fingerprint density at radius 1 is 0.762 bits per heavy atom. The molecular formula is C43H65N7O13. The van der Waals surface area contributed by atoms with Gasteiger partial charge in [0, 0.05) is 30.8 Å². The maximum absolute atomic E-state index is 14.5. The molecule has 63 heavy (non-hydrogen) atoms. The molecule has 0 radical (unpaired) electrons. The number of carbonyl (C=O) groups is 9. The van der Waals surface area contributed by atoms with E-state index < -0.39 is 120 Å². The third kappa shape index (κ3) is 18.4. The van der Waals surface area contributed by atoms with Gasteiger partial charge in [-0.05, 0) is 105 Å². The summed E-state index contributed by atoms with van der Waals surface area (Å²) in [5.41, 5.74) is 2.96. The summed E-state index contributed by atoms with van der Waals surface area (Å²) in [6, 6.07) is -0.690. The molecule has 0 spiro atoms. The number of nitrogens with zero attached hydrogens (tertiary/aromatic N) is 2. The van der Waals surface area contributed by atoms with E-state index in [-0.39, 0.29) is 26.0 Å². The summed E-state index contributed by atoms with van der Waals surface area (Å²) >= 11 is 0. The first kappa shape index (κ1) is 53.1. The highest BCUT2D eigenvalue weighted by atomic mass is 16.6. The van der Waals surface area contributed by atoms with E-state index in [4.69, 9.17) is 19.9 Å². The van der Waals surface area contributed by atoms with Crippen molar-refractivity contribution in [3.8, 4) is 0 Å². The number of aliphatic hydroxyl groups is 1. The average Bonchev–Trinajstić information content (AvgIpc) is 3.47. The molecule has 2 rings (SSSR count). The molecular weight excluding hydrogens is 823 g/mol. The lowest BCUT2D eigenvalue weighted by Gasteiger charge is -2.37. The smallest absolute Gasteiger partial charge is 0.411 e. The Kier molecular flexibility index (Phi) is 19.3. The molecule has 1 unspecified atom stereocenters. The highest BCUT2D eigenvalue weighted by Gasteiger charge is 2.44. The van der Waals surface area contributed by atoms with Crippen LogP contribution in [0, 0.1) is 5.92 Å². The van der Waals surface area contributed by atoms with E-state index in [1.54, 1.807) is 100 Å². The van der Waals surface area contributed by atoms with Crippen molar-refractivity contribution in [1.29, 1.82) is 0 Å². The van der Waals surface area contributed by atoms with Gasteiger partial charge in [0.15, 0.2) is 0 Å². The van der Waals surface area contributed by atoms with E-state index in [9.17, 15) is 48.3 Å². The minimum atomic E-state index is -1.89. The summed E-state index contributed by atoms with van der Waals surface area (Å²) in [5, 5.41) is 19.7. The summed E-state index contributed by atoms with van der Waals surface area (Å²) in [4.78, 5) is 122. The van der Waals surface area contributed by atoms with Gasteiger partial charge in [-0.3, -0.25) is 38.6 Å². The van der Waals surface area contributed by atoms with Crippen LogP contribution in [-0.4, -0.2) is 123 Å². The van der Waals surface area contributed by atoms with Crippen molar-refractivity contribution >= 4 is 59.3 Å². The lowest BCUT2D eigenvalue weighted by atomic mass is 10.0. The van der Waals surface area contributed by atoms with Gasteiger partial charge < -0.3 is 46.3 Å². The van der Waals surface area contributed by atoms with Gasteiger partial charge in [-0.15, -0.1) is 0 Å². The van der Waals surface area contributed by atoms with E-state index in [1.807, 2.05) is 0 Å². The van der Waals surface area contributed by atoms with Gasteiger partial charge in [-0.2, -0.15) is 0 Å². The number of amides is 8. The van der Waals surface area contributed by atoms with E-state index in [1.165, 1.54) is 0 Å². The first-order valence-corrected chi connectivity index (χ1v) is 20.7. The van der Waals surface area contributed by atoms with Crippen LogP contribution in [0.2, 0.25) is 0 Å². The predicted molar refractivity (Wildman–Crippen MR) is 229 cm³/mol. The molecule has 7 N–H and O–H groups in total. The molecule has 4 atom stereocenters. The largest absolute Gasteiger partial charge is 0.460 e. The normalized spacial score (nSPS) is 14.8. The van der Waals surface area contributed by atoms with Gasteiger partial charge in [-0.25, -0.2) is 14.4 Å². The molecule has 0 saturated heterocycles. The molecule has 0 aromatic heterocycles. The number of esters is 2. The zero-order valence-corrected chi connectivity index (χ0v) is 38.1. The third-order valence-corrected chi connectivity index (χ3v) is 8.81. The van der Waals surface area contributed by atoms with Crippen LogP contribution in [0.3, 0.4) is 0 Å². The number of primary amides is 1. The van der Waals surface area contributed by atoms with Crippen LogP contribution in [0.5, 0.6) is 0 Å². The standard InChI is InChI=1S/C43H65N7O13/c1-25(2)34(37(57)47-28(13-12-22-45-39(44)59)35(55)46-27-16-14-26(24-51)15-17-27)48-36(56)30(50-31(52)19-20-32(50)53)23-49(40(60)63-43(9,10)11)29(38(58)62-42(6,7)8)18-21-33(54)61-41(3,4)5/h14-17,19-20,25,28-30,34,51H,12-13,18,21-24H2,1-11H3,(H,46,55)(H,47,57)(H,48,56)(H3,44,45,59)/t28-,29?,30+,34+/m1/s1. The van der Waals surface area contributed by atoms with Crippen LogP contribution in [0.1, 0.15) is 107 Å². The Labute approximate surface area is 368 Å². The summed E-state index contributed by atoms with van der Waals surface area (Å²) in [6.07, 6.45) is 0.0527. The van der Waals surface area contributed by atoms with Crippen LogP contribution in [0.4, 0.5) is 15.3 Å². The molecule has 1 aromatic rings. The molecule has 1 aliphatic heterocycles. The summed E-state index contributed by atoms with van der Waals surface area (Å²) in [7, 11) is 0. The number of urea groups is 1. The van der Waals surface area contributed by atoms with Crippen molar-refractivity contribution in [2.45, 2.75) is 149 Å². The summed E-state index contributed by atoms with van der Waals surface area (Å²) < 4.78 is 16.8. The van der Waals surface area contributed by atoms with Gasteiger partial charge in [0.25, 0.3) is 11.8 Å². The van der Waals surface area contributed by atoms with E-state index in [0.717, 1.165) is 17.1 Å². The summed E-state index contributed by atoms with van der Waals surface area (Å²) in [5.74, 6) is -6.88. The Morgan fingerprint density at radius 2 is 1.32 bits per heavy atom. The molecule has 20 nitrogen and oxygen atoms in total. The Bertz CT molecular complexity index is 1840. The fourth-order valence-electron chi connectivity index (χ4n) is 6.01. The van der Waals surface area contributed by atoms with Crippen LogP contribution >= 0.6 is 0 Å². The second-order valence-electron chi connectivity index (χ2n) is 18.3. The van der Waals surface area contributed by atoms with Crippen molar-refractivity contribution in [2.75, 3.05) is 18.4 Å². The highest BCUT2D eigenvalue weighted by Crippen LogP contribution is 2.23. The fraction of sp³-hybridized carbons (Fsp3) is 0.605. The Morgan fingerprint density at radius 3 is 1.81 bits per heavy atom. The maximum Gasteiger partial charge on any atom is 0.411 e. The van der Waals surface area contributed by atoms with E-state index in [0.29, 0.717) is 16.2 Å². The monoisotopic (exact) mass is 887 g/mol. The van der Waals surface area contributed by atoms with Crippen molar-refractivity contribution in [3.05, 3.63) is 42.0 Å². The average molecular weight is 888 g/mol. The van der Waals surface area contributed by atoms with Crippen LogP contribution in [0.15, 0.2) is 36.4 Å². The van der Waals surface area contributed by atoms with Crippen molar-refractivity contribution in [3.63, 3.8) is 0 Å². The van der Waals surface area contributed by atoms with Crippen molar-refractivity contribution in [2.24, 2.45) is 11.7 Å². The predicted octanol–water partition coefficient (Wildman–Crippen LogP) is 2.55. The van der Waals surface area contributed by atoms with Gasteiger partial charge in [-0.1, -0.05) is 26.0 Å². The molecule has 8 amide bonds. The first-order chi connectivity index (χ1) is 29.0. The number of hydrogen-bond acceptors (Lipinski definition) is 13. The zero-order valence-electron chi connectivity index (χ0n) is 38.1. The molecule has 1 aliphatic rings. The van der Waals surface area contributed by atoms with Gasteiger partial charge in [0.1, 0.15) is 41.0 Å². The fourth-order valence-corrected chi connectivity index (χ4v) is 6.01. The number of hydrogen-bond donors (Lipinski definition) is 6. The minimum Gasteiger partial charge on any atom is -0.460 e.